The molecule has 0 aliphatic heterocycles. The van der Waals surface area contributed by atoms with Gasteiger partial charge in [0.1, 0.15) is 0 Å². The second kappa shape index (κ2) is 73.6. The van der Waals surface area contributed by atoms with E-state index in [9.17, 15) is 0 Å². The molecule has 0 aromatic carbocycles. The molecule has 256 valence electrons. The summed E-state index contributed by atoms with van der Waals surface area (Å²) in [6, 6.07) is 0. The van der Waals surface area contributed by atoms with Gasteiger partial charge in [-0.3, -0.25) is 0 Å². The Morgan fingerprint density at radius 3 is 1.32 bits per heavy atom. The highest BCUT2D eigenvalue weighted by molar-refractivity contribution is 8.45. The van der Waals surface area contributed by atoms with Crippen LogP contribution in [0.25, 0.3) is 0 Å². The van der Waals surface area contributed by atoms with E-state index < -0.39 is 0 Å². The van der Waals surface area contributed by atoms with Crippen LogP contribution in [0, 0.1) is 0 Å². The Labute approximate surface area is 275 Å². The topological polar surface area (TPSA) is 0 Å². The van der Waals surface area contributed by atoms with Crippen LogP contribution in [-0.4, -0.2) is 62.1 Å². The molecule has 0 nitrogen and oxygen atoms in total. The van der Waals surface area contributed by atoms with Gasteiger partial charge >= 0.3 is 0 Å². The third kappa shape index (κ3) is 78.1. The summed E-state index contributed by atoms with van der Waals surface area (Å²) in [5.41, 5.74) is 0. The number of rotatable bonds is 16. The first-order valence-corrected chi connectivity index (χ1v) is 29.9. The molecule has 12 atom stereocenters. The third-order valence-electron chi connectivity index (χ3n) is 3.28. The molecule has 0 saturated carbocycles. The van der Waals surface area contributed by atoms with E-state index in [-0.39, 0.29) is 96.7 Å². The van der Waals surface area contributed by atoms with Crippen LogP contribution < -0.4 is 0 Å². The maximum absolute atomic E-state index is 3.09. The molecule has 0 aliphatic rings. The molecule has 0 aromatic heterocycles. The van der Waals surface area contributed by atoms with Crippen molar-refractivity contribution >= 4 is 99.2 Å². The molecule has 0 radical (unpaired) electrons. The van der Waals surface area contributed by atoms with Gasteiger partial charge in [-0.05, 0) is 62.1 Å². The summed E-state index contributed by atoms with van der Waals surface area (Å²) in [6.45, 7) is 9.40. The highest BCUT2D eigenvalue weighted by Gasteiger charge is 2.04. The Bertz CT molecular complexity index is 277. The van der Waals surface area contributed by atoms with E-state index in [4.69, 9.17) is 0 Å². The molecule has 0 spiro atoms. The van der Waals surface area contributed by atoms with Crippen LogP contribution >= 0.6 is 99.2 Å². The summed E-state index contributed by atoms with van der Waals surface area (Å²) in [7, 11) is 18.0. The highest BCUT2D eigenvalue weighted by Crippen LogP contribution is 2.61. The van der Waals surface area contributed by atoms with Gasteiger partial charge in [-0.2, -0.15) is 0 Å². The van der Waals surface area contributed by atoms with Crippen LogP contribution in [0.3, 0.4) is 0 Å². The van der Waals surface area contributed by atoms with Crippen LogP contribution in [0.2, 0.25) is 0 Å². The number of hydrogen-bond donors (Lipinski definition) is 0. The summed E-state index contributed by atoms with van der Waals surface area (Å²) in [6.07, 6.45) is 11.8. The van der Waals surface area contributed by atoms with Crippen LogP contribution in [0.4, 0.5) is 0 Å². The third-order valence-corrected chi connectivity index (χ3v) is 30.9. The minimum absolute atomic E-state index is 0. The van der Waals surface area contributed by atoms with Gasteiger partial charge in [-0.25, -0.2) is 0 Å². The van der Waals surface area contributed by atoms with E-state index in [0.29, 0.717) is 22.8 Å². The molecule has 0 N–H and O–H groups in total. The first-order valence-electron chi connectivity index (χ1n) is 9.16. The lowest BCUT2D eigenvalue weighted by Gasteiger charge is -2.14. The van der Waals surface area contributed by atoms with Gasteiger partial charge in [0.2, 0.25) is 0 Å². The molecule has 0 fully saturated rings. The molecular weight excluding hydrogens is 684 g/mol. The molecule has 38 heavy (non-hydrogen) atoms. The lowest BCUT2D eigenvalue weighted by atomic mass is 10.6. The Morgan fingerprint density at radius 2 is 0.974 bits per heavy atom. The highest BCUT2D eigenvalue weighted by atomic mass is 32.4. The van der Waals surface area contributed by atoms with Crippen LogP contribution in [0.1, 0.15) is 116 Å². The lowest BCUT2D eigenvalue weighted by molar-refractivity contribution is 1.10. The van der Waals surface area contributed by atoms with Crippen molar-refractivity contribution in [3.05, 3.63) is 0 Å². The lowest BCUT2D eigenvalue weighted by Crippen LogP contribution is -1.87. The predicted molar refractivity (Wildman–Crippen MR) is 252 cm³/mol. The molecule has 0 rings (SSSR count). The summed E-state index contributed by atoms with van der Waals surface area (Å²) >= 11 is 0. The van der Waals surface area contributed by atoms with Gasteiger partial charge in [0.05, 0.1) is 0 Å². The van der Waals surface area contributed by atoms with Gasteiger partial charge in [0.15, 0.2) is 0 Å². The van der Waals surface area contributed by atoms with Crippen molar-refractivity contribution in [3.63, 3.8) is 0 Å². The minimum atomic E-state index is 0. The van der Waals surface area contributed by atoms with E-state index in [1.807, 2.05) is 0 Å². The van der Waals surface area contributed by atoms with E-state index in [2.05, 4.69) is 62.9 Å². The van der Waals surface area contributed by atoms with Crippen molar-refractivity contribution in [2.45, 2.75) is 116 Å². The zero-order valence-electron chi connectivity index (χ0n) is 17.2. The normalized spacial score (nSPS) is 12.0. The molecule has 0 aliphatic carbocycles. The first kappa shape index (κ1) is 90.2. The number of hydrogen-bond acceptors (Lipinski definition) is 0. The second-order valence-electron chi connectivity index (χ2n) is 6.05. The summed E-state index contributed by atoms with van der Waals surface area (Å²) in [5, 5.41) is 0. The molecule has 12 unspecified atom stereocenters. The van der Waals surface area contributed by atoms with Crippen molar-refractivity contribution in [1.82, 2.24) is 0 Å². The maximum Gasteiger partial charge on any atom is -0.0114 e. The quantitative estimate of drug-likeness (QED) is 0.108. The van der Waals surface area contributed by atoms with Crippen molar-refractivity contribution in [2.24, 2.45) is 0 Å². The van der Waals surface area contributed by atoms with E-state index in [1.165, 1.54) is 78.8 Å². The summed E-state index contributed by atoms with van der Waals surface area (Å²) < 4.78 is 0. The summed E-state index contributed by atoms with van der Waals surface area (Å²) in [4.78, 5) is 0. The van der Waals surface area contributed by atoms with Gasteiger partial charge in [-0.15, -0.1) is 52.9 Å². The summed E-state index contributed by atoms with van der Waals surface area (Å²) in [5.74, 6) is 2.99. The molecule has 0 bridgehead atoms. The molecule has 0 aromatic rings. The first-order chi connectivity index (χ1) is 12.4. The SMILES string of the molecule is C.C.C.C.C.C.C.C.C.C.C.C.CCCP(CCPCP(C)P)PP.CCCPCP(P)CCP(C)PP. The van der Waals surface area contributed by atoms with Crippen LogP contribution in [0.5, 0.6) is 0 Å². The zero-order valence-corrected chi connectivity index (χ0v) is 29.4. The molecular formula is C26H92P12. The molecule has 0 saturated heterocycles. The second-order valence-corrected chi connectivity index (χ2v) is 33.3. The smallest absolute Gasteiger partial charge is 0.0114 e. The minimum Gasteiger partial charge on any atom is -0.117 e. The maximum atomic E-state index is 3.09. The fraction of sp³-hybridized carbons (Fsp3) is 1.00. The average molecular weight is 777 g/mol. The van der Waals surface area contributed by atoms with Gasteiger partial charge in [-0.1, -0.05) is 162 Å². The Kier molecular flexibility index (Phi) is 175. The standard InChI is InChI=1S/2C7H22P6.12CH4/c1-3-5-13(11-8)6-4-10-7-12(2)9;1-3-4-10-7-13(9)6-5-12(2)11-8;;;;;;;;;;;;/h2*10-11H,3-9H2,1-2H3;12*1H4. The average Bonchev–Trinajstić information content (AvgIpc) is 2.62. The van der Waals surface area contributed by atoms with E-state index >= 15 is 0 Å². The monoisotopic (exact) mass is 776 g/mol. The van der Waals surface area contributed by atoms with Gasteiger partial charge in [0, 0.05) is 0 Å². The zero-order chi connectivity index (χ0) is 20.2. The van der Waals surface area contributed by atoms with Crippen molar-refractivity contribution in [2.75, 3.05) is 62.1 Å². The van der Waals surface area contributed by atoms with Crippen LogP contribution in [-0.2, 0) is 0 Å². The van der Waals surface area contributed by atoms with Gasteiger partial charge in [0.25, 0.3) is 0 Å². The van der Waals surface area contributed by atoms with Crippen molar-refractivity contribution in [3.8, 4) is 0 Å². The largest absolute Gasteiger partial charge is 0.117 e. The fourth-order valence-electron chi connectivity index (χ4n) is 1.80. The molecule has 0 heterocycles. The van der Waals surface area contributed by atoms with Crippen molar-refractivity contribution in [1.29, 1.82) is 0 Å². The van der Waals surface area contributed by atoms with Gasteiger partial charge < -0.3 is 0 Å². The molecule has 12 heteroatoms. The van der Waals surface area contributed by atoms with E-state index in [1.54, 1.807) is 0 Å². The van der Waals surface area contributed by atoms with Crippen LogP contribution in [0.15, 0.2) is 0 Å². The predicted octanol–water partition coefficient (Wildman–Crippen LogP) is 17.2. The molecule has 0 amide bonds. The van der Waals surface area contributed by atoms with E-state index in [0.717, 1.165) is 15.9 Å². The Morgan fingerprint density at radius 1 is 0.526 bits per heavy atom. The Balaban J connectivity index is -0.0000000192. The fourth-order valence-corrected chi connectivity index (χ4v) is 22.3. The Hall–Kier alpha value is 5.16. The van der Waals surface area contributed by atoms with Crippen molar-refractivity contribution < 1.29 is 0 Å².